The van der Waals surface area contributed by atoms with Gasteiger partial charge in [0.1, 0.15) is 5.75 Å². The van der Waals surface area contributed by atoms with E-state index in [-0.39, 0.29) is 16.0 Å². The van der Waals surface area contributed by atoms with E-state index in [0.717, 1.165) is 6.42 Å². The molecule has 0 fully saturated rings. The molecule has 0 radical (unpaired) electrons. The van der Waals surface area contributed by atoms with Gasteiger partial charge in [0.25, 0.3) is 5.91 Å². The van der Waals surface area contributed by atoms with Crippen molar-refractivity contribution in [2.24, 2.45) is 0 Å². The molecule has 0 saturated heterocycles. The van der Waals surface area contributed by atoms with E-state index in [0.29, 0.717) is 23.6 Å². The Labute approximate surface area is 176 Å². The van der Waals surface area contributed by atoms with E-state index >= 15 is 0 Å². The number of amides is 1. The van der Waals surface area contributed by atoms with Gasteiger partial charge in [-0.05, 0) is 68.9 Å². The predicted octanol–water partition coefficient (Wildman–Crippen LogP) is 3.29. The van der Waals surface area contributed by atoms with Crippen LogP contribution < -0.4 is 20.1 Å². The maximum Gasteiger partial charge on any atom is 0.261 e. The van der Waals surface area contributed by atoms with E-state index in [1.54, 1.807) is 50.2 Å². The predicted molar refractivity (Wildman–Crippen MR) is 118 cm³/mol. The Balaban J connectivity index is 2.02. The topological polar surface area (TPSA) is 96.5 Å². The van der Waals surface area contributed by atoms with Crippen LogP contribution >= 0.6 is 12.2 Å². The van der Waals surface area contributed by atoms with Crippen LogP contribution in [0.5, 0.6) is 5.75 Å². The summed E-state index contributed by atoms with van der Waals surface area (Å²) in [4.78, 5) is 12.7. The lowest BCUT2D eigenvalue weighted by Crippen LogP contribution is -2.34. The van der Waals surface area contributed by atoms with Crippen LogP contribution in [0.1, 0.15) is 37.6 Å². The standard InChI is InChI=1S/C20H25N3O4S2/c1-4-13-27-18-8-6-5-7-17(18)19(24)22-20(28)21-15-9-11-16(12-10-15)29(25,26)23-14(2)3/h5-12,14,23H,4,13H2,1-3H3,(H2,21,22,24,28). The van der Waals surface area contributed by atoms with Gasteiger partial charge in [-0.15, -0.1) is 0 Å². The molecular formula is C20H25N3O4S2. The Morgan fingerprint density at radius 2 is 1.76 bits per heavy atom. The molecule has 0 saturated carbocycles. The smallest absolute Gasteiger partial charge is 0.261 e. The van der Waals surface area contributed by atoms with Crippen molar-refractivity contribution in [2.45, 2.75) is 38.1 Å². The number of hydrogen-bond donors (Lipinski definition) is 3. The number of anilines is 1. The first-order chi connectivity index (χ1) is 13.7. The second kappa shape index (κ2) is 10.3. The number of hydrogen-bond acceptors (Lipinski definition) is 5. The molecule has 0 aliphatic carbocycles. The zero-order valence-corrected chi connectivity index (χ0v) is 18.2. The fourth-order valence-electron chi connectivity index (χ4n) is 2.42. The minimum absolute atomic E-state index is 0.0937. The molecule has 2 aromatic carbocycles. The lowest BCUT2D eigenvalue weighted by atomic mass is 10.2. The van der Waals surface area contributed by atoms with Gasteiger partial charge in [-0.1, -0.05) is 19.1 Å². The third-order valence-corrected chi connectivity index (χ3v) is 5.51. The molecule has 0 aromatic heterocycles. The molecular weight excluding hydrogens is 410 g/mol. The second-order valence-electron chi connectivity index (χ2n) is 6.55. The van der Waals surface area contributed by atoms with Crippen molar-refractivity contribution in [2.75, 3.05) is 11.9 Å². The molecule has 7 nitrogen and oxygen atoms in total. The molecule has 9 heteroatoms. The summed E-state index contributed by atoms with van der Waals surface area (Å²) in [5.41, 5.74) is 0.931. The van der Waals surface area contributed by atoms with Crippen LogP contribution in [0.25, 0.3) is 0 Å². The number of ether oxygens (including phenoxy) is 1. The van der Waals surface area contributed by atoms with Crippen LogP contribution in [0.3, 0.4) is 0 Å². The number of para-hydroxylation sites is 1. The van der Waals surface area contributed by atoms with Gasteiger partial charge in [0.05, 0.1) is 17.1 Å². The highest BCUT2D eigenvalue weighted by atomic mass is 32.2. The summed E-state index contributed by atoms with van der Waals surface area (Å²) in [5, 5.41) is 5.57. The van der Waals surface area contributed by atoms with Gasteiger partial charge in [-0.25, -0.2) is 13.1 Å². The van der Waals surface area contributed by atoms with Crippen molar-refractivity contribution >= 4 is 38.9 Å². The summed E-state index contributed by atoms with van der Waals surface area (Å²) >= 11 is 5.19. The lowest BCUT2D eigenvalue weighted by Gasteiger charge is -2.13. The maximum atomic E-state index is 12.5. The quantitative estimate of drug-likeness (QED) is 0.551. The Hall–Kier alpha value is -2.49. The third kappa shape index (κ3) is 6.81. The van der Waals surface area contributed by atoms with E-state index in [2.05, 4.69) is 15.4 Å². The third-order valence-electron chi connectivity index (χ3n) is 3.63. The van der Waals surface area contributed by atoms with Gasteiger partial charge in [-0.3, -0.25) is 10.1 Å². The van der Waals surface area contributed by atoms with Gasteiger partial charge >= 0.3 is 0 Å². The number of rotatable bonds is 8. The fraction of sp³-hybridized carbons (Fsp3) is 0.300. The Bertz CT molecular complexity index is 958. The Morgan fingerprint density at radius 3 is 2.38 bits per heavy atom. The molecule has 0 bridgehead atoms. The number of benzene rings is 2. The normalized spacial score (nSPS) is 11.2. The maximum absolute atomic E-state index is 12.5. The average molecular weight is 436 g/mol. The highest BCUT2D eigenvalue weighted by molar-refractivity contribution is 7.89. The largest absolute Gasteiger partial charge is 0.493 e. The molecule has 1 amide bonds. The van der Waals surface area contributed by atoms with E-state index in [1.165, 1.54) is 12.1 Å². The molecule has 3 N–H and O–H groups in total. The highest BCUT2D eigenvalue weighted by Gasteiger charge is 2.16. The minimum atomic E-state index is -3.57. The summed E-state index contributed by atoms with van der Waals surface area (Å²) < 4.78 is 32.4. The minimum Gasteiger partial charge on any atom is -0.493 e. The number of carbonyl (C=O) groups is 1. The fourth-order valence-corrected chi connectivity index (χ4v) is 3.88. The van der Waals surface area contributed by atoms with Gasteiger partial charge in [0.2, 0.25) is 10.0 Å². The molecule has 2 aromatic rings. The summed E-state index contributed by atoms with van der Waals surface area (Å²) in [7, 11) is -3.57. The molecule has 0 heterocycles. The van der Waals surface area contributed by atoms with Crippen LogP contribution in [0, 0.1) is 0 Å². The van der Waals surface area contributed by atoms with Crippen molar-refractivity contribution < 1.29 is 17.9 Å². The summed E-state index contributed by atoms with van der Waals surface area (Å²) in [5.74, 6) is 0.0939. The van der Waals surface area contributed by atoms with E-state index in [9.17, 15) is 13.2 Å². The highest BCUT2D eigenvalue weighted by Crippen LogP contribution is 2.18. The summed E-state index contributed by atoms with van der Waals surface area (Å²) in [6.07, 6.45) is 0.828. The van der Waals surface area contributed by atoms with Crippen LogP contribution in [-0.4, -0.2) is 32.1 Å². The first kappa shape index (κ1) is 22.8. The zero-order valence-electron chi connectivity index (χ0n) is 16.6. The van der Waals surface area contributed by atoms with Crippen molar-refractivity contribution in [3.63, 3.8) is 0 Å². The first-order valence-corrected chi connectivity index (χ1v) is 11.1. The molecule has 0 aliphatic heterocycles. The SMILES string of the molecule is CCCOc1ccccc1C(=O)NC(=S)Nc1ccc(S(=O)(=O)NC(C)C)cc1. The van der Waals surface area contributed by atoms with Gasteiger partial charge in [-0.2, -0.15) is 0 Å². The zero-order chi connectivity index (χ0) is 21.4. The van der Waals surface area contributed by atoms with Crippen molar-refractivity contribution in [3.8, 4) is 5.75 Å². The molecule has 156 valence electrons. The molecule has 0 spiro atoms. The van der Waals surface area contributed by atoms with Gasteiger partial charge in [0, 0.05) is 11.7 Å². The van der Waals surface area contributed by atoms with E-state index in [4.69, 9.17) is 17.0 Å². The molecule has 2 rings (SSSR count). The van der Waals surface area contributed by atoms with Gasteiger partial charge < -0.3 is 10.1 Å². The number of sulfonamides is 1. The summed E-state index contributed by atoms with van der Waals surface area (Å²) in [6, 6.07) is 12.8. The van der Waals surface area contributed by atoms with Crippen LogP contribution in [0.2, 0.25) is 0 Å². The number of nitrogens with one attached hydrogen (secondary N) is 3. The monoisotopic (exact) mass is 435 g/mol. The van der Waals surface area contributed by atoms with Crippen LogP contribution in [0.15, 0.2) is 53.4 Å². The Morgan fingerprint density at radius 1 is 1.10 bits per heavy atom. The van der Waals surface area contributed by atoms with Crippen LogP contribution in [-0.2, 0) is 10.0 Å². The number of carbonyl (C=O) groups excluding carboxylic acids is 1. The van der Waals surface area contributed by atoms with E-state index in [1.807, 2.05) is 6.92 Å². The second-order valence-corrected chi connectivity index (χ2v) is 8.68. The molecule has 0 atom stereocenters. The summed E-state index contributed by atoms with van der Waals surface area (Å²) in [6.45, 7) is 5.99. The van der Waals surface area contributed by atoms with E-state index < -0.39 is 15.9 Å². The molecule has 0 unspecified atom stereocenters. The van der Waals surface area contributed by atoms with Crippen molar-refractivity contribution in [1.29, 1.82) is 0 Å². The van der Waals surface area contributed by atoms with Crippen LogP contribution in [0.4, 0.5) is 5.69 Å². The van der Waals surface area contributed by atoms with Crippen molar-refractivity contribution in [3.05, 3.63) is 54.1 Å². The first-order valence-electron chi connectivity index (χ1n) is 9.19. The number of thiocarbonyl (C=S) groups is 1. The molecule has 0 aliphatic rings. The average Bonchev–Trinajstić information content (AvgIpc) is 2.66. The van der Waals surface area contributed by atoms with Gasteiger partial charge in [0.15, 0.2) is 5.11 Å². The molecule has 29 heavy (non-hydrogen) atoms. The van der Waals surface area contributed by atoms with Crippen molar-refractivity contribution in [1.82, 2.24) is 10.0 Å². The Kier molecular flexibility index (Phi) is 8.12. The lowest BCUT2D eigenvalue weighted by molar-refractivity contribution is 0.0973.